The Balaban J connectivity index is 1.64. The van der Waals surface area contributed by atoms with Gasteiger partial charge in [-0.15, -0.1) is 0 Å². The maximum atomic E-state index is 12.6. The van der Waals surface area contributed by atoms with Gasteiger partial charge in [-0.25, -0.2) is 0 Å². The van der Waals surface area contributed by atoms with Crippen molar-refractivity contribution >= 4 is 40.7 Å². The molecule has 4 nitrogen and oxygen atoms in total. The molecular formula is C19H18Cl2N2O2. The predicted molar refractivity (Wildman–Crippen MR) is 99.8 cm³/mol. The fraction of sp³-hybridized carbons (Fsp3) is 0.263. The predicted octanol–water partition coefficient (Wildman–Crippen LogP) is 4.34. The van der Waals surface area contributed by atoms with Crippen molar-refractivity contribution in [2.24, 2.45) is 5.41 Å². The van der Waals surface area contributed by atoms with Crippen LogP contribution in [0.5, 0.6) is 0 Å². The molecule has 2 aromatic rings. The summed E-state index contributed by atoms with van der Waals surface area (Å²) in [7, 11) is 0. The number of hydrogen-bond acceptors (Lipinski definition) is 2. The van der Waals surface area contributed by atoms with Crippen LogP contribution >= 0.6 is 23.2 Å². The third-order valence-corrected chi connectivity index (χ3v) is 4.71. The van der Waals surface area contributed by atoms with Gasteiger partial charge < -0.3 is 10.6 Å². The lowest BCUT2D eigenvalue weighted by molar-refractivity contribution is -0.134. The maximum Gasteiger partial charge on any atom is 0.240 e. The Morgan fingerprint density at radius 1 is 1.04 bits per heavy atom. The molecule has 25 heavy (non-hydrogen) atoms. The highest BCUT2D eigenvalue weighted by Crippen LogP contribution is 2.47. The number of hydrogen-bond donors (Lipinski definition) is 2. The van der Waals surface area contributed by atoms with E-state index in [0.29, 0.717) is 35.1 Å². The number of nitrogens with one attached hydrogen (secondary N) is 2. The number of benzene rings is 2. The Labute approximate surface area is 156 Å². The van der Waals surface area contributed by atoms with Crippen molar-refractivity contribution < 1.29 is 9.59 Å². The van der Waals surface area contributed by atoms with Crippen molar-refractivity contribution in [3.63, 3.8) is 0 Å². The number of rotatable bonds is 5. The molecule has 0 bridgehead atoms. The fourth-order valence-electron chi connectivity index (χ4n) is 2.73. The van der Waals surface area contributed by atoms with E-state index in [1.807, 2.05) is 31.2 Å². The molecule has 2 N–H and O–H groups in total. The van der Waals surface area contributed by atoms with Gasteiger partial charge in [0.05, 0.1) is 0 Å². The van der Waals surface area contributed by atoms with Crippen LogP contribution in [-0.4, -0.2) is 11.8 Å². The van der Waals surface area contributed by atoms with Crippen LogP contribution in [0.25, 0.3) is 0 Å². The summed E-state index contributed by atoms with van der Waals surface area (Å²) in [5, 5.41) is 6.47. The molecule has 0 unspecified atom stereocenters. The highest BCUT2D eigenvalue weighted by molar-refractivity contribution is 6.35. The van der Waals surface area contributed by atoms with Crippen molar-refractivity contribution in [3.05, 3.63) is 63.6 Å². The summed E-state index contributed by atoms with van der Waals surface area (Å²) in [5.41, 5.74) is 1.62. The molecule has 6 heteroatoms. The molecule has 1 aliphatic carbocycles. The van der Waals surface area contributed by atoms with Gasteiger partial charge >= 0.3 is 0 Å². The lowest BCUT2D eigenvalue weighted by atomic mass is 10.0. The van der Waals surface area contributed by atoms with Gasteiger partial charge in [0.2, 0.25) is 11.8 Å². The van der Waals surface area contributed by atoms with Crippen LogP contribution < -0.4 is 10.6 Å². The Bertz CT molecular complexity index is 812. The Hall–Kier alpha value is -2.04. The topological polar surface area (TPSA) is 58.2 Å². The summed E-state index contributed by atoms with van der Waals surface area (Å²) < 4.78 is 0. The van der Waals surface area contributed by atoms with E-state index in [1.165, 1.54) is 0 Å². The highest BCUT2D eigenvalue weighted by atomic mass is 35.5. The van der Waals surface area contributed by atoms with E-state index in [2.05, 4.69) is 10.6 Å². The third-order valence-electron chi connectivity index (χ3n) is 4.28. The van der Waals surface area contributed by atoms with E-state index in [4.69, 9.17) is 23.2 Å². The van der Waals surface area contributed by atoms with Crippen molar-refractivity contribution in [2.45, 2.75) is 26.3 Å². The lowest BCUT2D eigenvalue weighted by Gasteiger charge is -2.16. The van der Waals surface area contributed by atoms with Crippen molar-refractivity contribution in [2.75, 3.05) is 5.32 Å². The first kappa shape index (κ1) is 17.8. The van der Waals surface area contributed by atoms with Crippen LogP contribution in [0.15, 0.2) is 42.5 Å². The normalized spacial score (nSPS) is 14.7. The van der Waals surface area contributed by atoms with Crippen molar-refractivity contribution in [1.82, 2.24) is 5.32 Å². The number of amides is 2. The first-order valence-electron chi connectivity index (χ1n) is 8.00. The molecular weight excluding hydrogens is 359 g/mol. The van der Waals surface area contributed by atoms with Crippen LogP contribution in [0.4, 0.5) is 5.69 Å². The minimum absolute atomic E-state index is 0.250. The van der Waals surface area contributed by atoms with E-state index in [9.17, 15) is 9.59 Å². The zero-order chi connectivity index (χ0) is 18.0. The average molecular weight is 377 g/mol. The summed E-state index contributed by atoms with van der Waals surface area (Å²) in [6, 6.07) is 12.7. The molecule has 0 saturated heterocycles. The molecule has 3 rings (SSSR count). The SMILES string of the molecule is Cc1cccc(CNC(=O)C2(C(=O)Nc3cc(Cl)cc(Cl)c3)CC2)c1. The average Bonchev–Trinajstić information content (AvgIpc) is 3.33. The van der Waals surface area contributed by atoms with Crippen molar-refractivity contribution in [3.8, 4) is 0 Å². The molecule has 2 aromatic carbocycles. The largest absolute Gasteiger partial charge is 0.351 e. The van der Waals surface area contributed by atoms with Gasteiger partial charge in [-0.3, -0.25) is 9.59 Å². The second-order valence-electron chi connectivity index (χ2n) is 6.37. The molecule has 1 fully saturated rings. The fourth-order valence-corrected chi connectivity index (χ4v) is 3.26. The van der Waals surface area contributed by atoms with Gasteiger partial charge in [0.25, 0.3) is 0 Å². The maximum absolute atomic E-state index is 12.6. The first-order chi connectivity index (χ1) is 11.9. The van der Waals surface area contributed by atoms with Crippen LogP contribution in [0.2, 0.25) is 10.0 Å². The Morgan fingerprint density at radius 3 is 2.32 bits per heavy atom. The zero-order valence-electron chi connectivity index (χ0n) is 13.7. The Kier molecular flexibility index (Phi) is 5.02. The van der Waals surface area contributed by atoms with Crippen LogP contribution in [0, 0.1) is 12.3 Å². The second kappa shape index (κ2) is 7.06. The molecule has 1 saturated carbocycles. The summed E-state index contributed by atoms with van der Waals surface area (Å²) in [4.78, 5) is 25.1. The van der Waals surface area contributed by atoms with E-state index < -0.39 is 5.41 Å². The van der Waals surface area contributed by atoms with Crippen molar-refractivity contribution in [1.29, 1.82) is 0 Å². The molecule has 0 heterocycles. The molecule has 0 aromatic heterocycles. The molecule has 0 atom stereocenters. The minimum atomic E-state index is -1.00. The van der Waals surface area contributed by atoms with Crippen LogP contribution in [-0.2, 0) is 16.1 Å². The van der Waals surface area contributed by atoms with E-state index in [1.54, 1.807) is 18.2 Å². The van der Waals surface area contributed by atoms with Gasteiger partial charge in [-0.2, -0.15) is 0 Å². The van der Waals surface area contributed by atoms with Gasteiger partial charge in [-0.1, -0.05) is 53.0 Å². The molecule has 0 aliphatic heterocycles. The highest BCUT2D eigenvalue weighted by Gasteiger charge is 2.56. The molecule has 1 aliphatic rings. The third kappa shape index (κ3) is 4.14. The van der Waals surface area contributed by atoms with Gasteiger partial charge in [0.1, 0.15) is 5.41 Å². The summed E-state index contributed by atoms with van der Waals surface area (Å²) in [6.45, 7) is 2.40. The molecule has 0 spiro atoms. The van der Waals surface area contributed by atoms with E-state index in [0.717, 1.165) is 11.1 Å². The minimum Gasteiger partial charge on any atom is -0.351 e. The number of anilines is 1. The van der Waals surface area contributed by atoms with E-state index >= 15 is 0 Å². The summed E-state index contributed by atoms with van der Waals surface area (Å²) in [6.07, 6.45) is 1.07. The number of halogens is 2. The number of carbonyl (C=O) groups is 2. The Morgan fingerprint density at radius 2 is 1.72 bits per heavy atom. The second-order valence-corrected chi connectivity index (χ2v) is 7.24. The zero-order valence-corrected chi connectivity index (χ0v) is 15.2. The summed E-state index contributed by atoms with van der Waals surface area (Å²) in [5.74, 6) is -0.577. The molecule has 130 valence electrons. The quantitative estimate of drug-likeness (QED) is 0.762. The lowest BCUT2D eigenvalue weighted by Crippen LogP contribution is -2.39. The van der Waals surface area contributed by atoms with Gasteiger partial charge in [0.15, 0.2) is 0 Å². The van der Waals surface area contributed by atoms with Gasteiger partial charge in [0, 0.05) is 22.3 Å². The standard InChI is InChI=1S/C19H18Cl2N2O2/c1-12-3-2-4-13(7-12)11-22-17(24)19(5-6-19)18(25)23-16-9-14(20)8-15(21)10-16/h2-4,7-10H,5-6,11H2,1H3,(H,22,24)(H,23,25). The van der Waals surface area contributed by atoms with Gasteiger partial charge in [-0.05, 0) is 43.5 Å². The van der Waals surface area contributed by atoms with Crippen LogP contribution in [0.3, 0.4) is 0 Å². The number of aryl methyl sites for hydroxylation is 1. The molecule has 0 radical (unpaired) electrons. The molecule has 2 amide bonds. The monoisotopic (exact) mass is 376 g/mol. The van der Waals surface area contributed by atoms with Crippen LogP contribution in [0.1, 0.15) is 24.0 Å². The number of carbonyl (C=O) groups excluding carboxylic acids is 2. The summed E-state index contributed by atoms with van der Waals surface area (Å²) >= 11 is 11.9. The first-order valence-corrected chi connectivity index (χ1v) is 8.76. The smallest absolute Gasteiger partial charge is 0.240 e. The van der Waals surface area contributed by atoms with E-state index in [-0.39, 0.29) is 11.8 Å².